The van der Waals surface area contributed by atoms with E-state index in [0.717, 1.165) is 19.5 Å². The Morgan fingerprint density at radius 1 is 1.16 bits per heavy atom. The van der Waals surface area contributed by atoms with Crippen LogP contribution in [0.15, 0.2) is 42.5 Å². The van der Waals surface area contributed by atoms with E-state index in [9.17, 15) is 14.3 Å². The number of rotatable bonds is 4. The van der Waals surface area contributed by atoms with Gasteiger partial charge in [0.15, 0.2) is 0 Å². The largest absolute Gasteiger partial charge is 0.478 e. The molecule has 5 rings (SSSR count). The van der Waals surface area contributed by atoms with Gasteiger partial charge in [0, 0.05) is 30.6 Å². The van der Waals surface area contributed by atoms with Crippen molar-refractivity contribution in [2.45, 2.75) is 12.5 Å². The van der Waals surface area contributed by atoms with Crippen LogP contribution >= 0.6 is 0 Å². The first-order valence-electron chi connectivity index (χ1n) is 10.0. The minimum Gasteiger partial charge on any atom is -0.478 e. The van der Waals surface area contributed by atoms with Gasteiger partial charge in [-0.25, -0.2) is 14.2 Å². The Bertz CT molecular complexity index is 1320. The molecule has 0 bridgehead atoms. The van der Waals surface area contributed by atoms with Gasteiger partial charge >= 0.3 is 5.97 Å². The van der Waals surface area contributed by atoms with Gasteiger partial charge < -0.3 is 14.9 Å². The van der Waals surface area contributed by atoms with Crippen molar-refractivity contribution < 1.29 is 14.3 Å². The molecular formula is C22H21FN6O2. The average Bonchev–Trinajstić information content (AvgIpc) is 3.40. The summed E-state index contributed by atoms with van der Waals surface area (Å²) in [6.07, 6.45) is 0.996. The molecule has 0 spiro atoms. The number of fused-ring (bicyclic) bond motifs is 3. The second-order valence-corrected chi connectivity index (χ2v) is 7.98. The minimum absolute atomic E-state index is 0.130. The molecule has 1 N–H and O–H groups in total. The molecule has 0 amide bonds. The Morgan fingerprint density at radius 2 is 1.97 bits per heavy atom. The lowest BCUT2D eigenvalue weighted by molar-refractivity contribution is 0.0699. The van der Waals surface area contributed by atoms with Gasteiger partial charge in [-0.05, 0) is 50.8 Å². The summed E-state index contributed by atoms with van der Waals surface area (Å²) in [5.41, 5.74) is 2.07. The number of nitrogens with zero attached hydrogens (tertiary/aromatic N) is 6. The van der Waals surface area contributed by atoms with Gasteiger partial charge in [0.05, 0.1) is 16.8 Å². The molecular weight excluding hydrogens is 399 g/mol. The van der Waals surface area contributed by atoms with Crippen molar-refractivity contribution in [3.05, 3.63) is 53.8 Å². The maximum atomic E-state index is 13.6. The number of halogens is 1. The van der Waals surface area contributed by atoms with Gasteiger partial charge in [-0.1, -0.05) is 6.07 Å². The summed E-state index contributed by atoms with van der Waals surface area (Å²) in [6, 6.07) is 11.5. The SMILES string of the molecule is CN(C)[C@H]1CCN(c2cc(C(=O)O)c3c(ccc4nn(-c5cccc(F)c5)nc43)n2)C1. The van der Waals surface area contributed by atoms with E-state index in [0.29, 0.717) is 39.5 Å². The summed E-state index contributed by atoms with van der Waals surface area (Å²) in [7, 11) is 4.09. The second kappa shape index (κ2) is 7.28. The van der Waals surface area contributed by atoms with E-state index in [4.69, 9.17) is 4.98 Å². The fraction of sp³-hybridized carbons (Fsp3) is 0.273. The minimum atomic E-state index is -1.05. The van der Waals surface area contributed by atoms with Crippen molar-refractivity contribution in [1.82, 2.24) is 24.9 Å². The number of pyridine rings is 1. The lowest BCUT2D eigenvalue weighted by Crippen LogP contribution is -2.31. The summed E-state index contributed by atoms with van der Waals surface area (Å²) < 4.78 is 13.6. The van der Waals surface area contributed by atoms with Gasteiger partial charge in [0.2, 0.25) is 0 Å². The number of carboxylic acid groups (broad SMARTS) is 1. The monoisotopic (exact) mass is 420 g/mol. The zero-order valence-corrected chi connectivity index (χ0v) is 17.2. The molecule has 0 aliphatic carbocycles. The van der Waals surface area contributed by atoms with Gasteiger partial charge in [0.25, 0.3) is 0 Å². The van der Waals surface area contributed by atoms with Crippen LogP contribution in [-0.4, -0.2) is 69.2 Å². The number of carbonyl (C=O) groups is 1. The van der Waals surface area contributed by atoms with E-state index in [-0.39, 0.29) is 5.56 Å². The molecule has 2 aromatic heterocycles. The summed E-state index contributed by atoms with van der Waals surface area (Å²) in [5.74, 6) is -0.807. The van der Waals surface area contributed by atoms with Crippen LogP contribution in [-0.2, 0) is 0 Å². The maximum absolute atomic E-state index is 13.6. The molecule has 4 aromatic rings. The Hall–Kier alpha value is -3.59. The van der Waals surface area contributed by atoms with Crippen LogP contribution in [0.4, 0.5) is 10.2 Å². The number of anilines is 1. The number of hydrogen-bond donors (Lipinski definition) is 1. The molecule has 3 heterocycles. The molecule has 9 heteroatoms. The van der Waals surface area contributed by atoms with Crippen LogP contribution in [0, 0.1) is 5.82 Å². The van der Waals surface area contributed by atoms with Crippen LogP contribution in [0.1, 0.15) is 16.8 Å². The Morgan fingerprint density at radius 3 is 2.68 bits per heavy atom. The van der Waals surface area contributed by atoms with E-state index in [1.165, 1.54) is 16.9 Å². The van der Waals surface area contributed by atoms with Crippen molar-refractivity contribution in [3.8, 4) is 5.69 Å². The zero-order valence-electron chi connectivity index (χ0n) is 17.2. The second-order valence-electron chi connectivity index (χ2n) is 7.98. The van der Waals surface area contributed by atoms with Gasteiger partial charge in [-0.3, -0.25) is 0 Å². The molecule has 1 fully saturated rings. The van der Waals surface area contributed by atoms with Gasteiger partial charge in [-0.2, -0.15) is 4.80 Å². The van der Waals surface area contributed by atoms with E-state index in [1.54, 1.807) is 30.3 Å². The molecule has 0 unspecified atom stereocenters. The van der Waals surface area contributed by atoms with Gasteiger partial charge in [-0.15, -0.1) is 10.2 Å². The molecule has 1 aliphatic heterocycles. The highest BCUT2D eigenvalue weighted by Gasteiger charge is 2.27. The van der Waals surface area contributed by atoms with Crippen molar-refractivity contribution in [1.29, 1.82) is 0 Å². The Labute approximate surface area is 177 Å². The van der Waals surface area contributed by atoms with E-state index >= 15 is 0 Å². The highest BCUT2D eigenvalue weighted by molar-refractivity contribution is 6.13. The first kappa shape index (κ1) is 19.4. The molecule has 0 saturated carbocycles. The van der Waals surface area contributed by atoms with Crippen molar-refractivity contribution in [3.63, 3.8) is 0 Å². The average molecular weight is 420 g/mol. The number of benzene rings is 2. The third-order valence-corrected chi connectivity index (χ3v) is 5.80. The highest BCUT2D eigenvalue weighted by atomic mass is 19.1. The van der Waals surface area contributed by atoms with Crippen LogP contribution < -0.4 is 4.90 Å². The van der Waals surface area contributed by atoms with Crippen LogP contribution in [0.3, 0.4) is 0 Å². The van der Waals surface area contributed by atoms with Crippen molar-refractivity contribution in [2.24, 2.45) is 0 Å². The lowest BCUT2D eigenvalue weighted by atomic mass is 10.1. The van der Waals surface area contributed by atoms with Crippen LogP contribution in [0.5, 0.6) is 0 Å². The zero-order chi connectivity index (χ0) is 21.7. The predicted octanol–water partition coefficient (Wildman–Crippen LogP) is 2.95. The number of aromatic carboxylic acids is 1. The molecule has 8 nitrogen and oxygen atoms in total. The fourth-order valence-corrected chi connectivity index (χ4v) is 4.10. The predicted molar refractivity (Wildman–Crippen MR) is 115 cm³/mol. The first-order valence-corrected chi connectivity index (χ1v) is 10.0. The number of hydrogen-bond acceptors (Lipinski definition) is 6. The molecule has 2 aromatic carbocycles. The maximum Gasteiger partial charge on any atom is 0.336 e. The van der Waals surface area contributed by atoms with Crippen LogP contribution in [0.2, 0.25) is 0 Å². The molecule has 1 aliphatic rings. The number of likely N-dealkylation sites (N-methyl/N-ethyl adjacent to an activating group) is 1. The summed E-state index contributed by atoms with van der Waals surface area (Å²) in [5, 5.41) is 19.3. The summed E-state index contributed by atoms with van der Waals surface area (Å²) in [4.78, 5) is 22.5. The normalized spacial score (nSPS) is 16.6. The molecule has 0 radical (unpaired) electrons. The van der Waals surface area contributed by atoms with E-state index < -0.39 is 11.8 Å². The van der Waals surface area contributed by atoms with Crippen LogP contribution in [0.25, 0.3) is 27.6 Å². The smallest absolute Gasteiger partial charge is 0.336 e. The highest BCUT2D eigenvalue weighted by Crippen LogP contribution is 2.30. The van der Waals surface area contributed by atoms with E-state index in [1.807, 2.05) is 14.1 Å². The first-order chi connectivity index (χ1) is 14.9. The van der Waals surface area contributed by atoms with Crippen molar-refractivity contribution >= 4 is 33.7 Å². The van der Waals surface area contributed by atoms with E-state index in [2.05, 4.69) is 20.0 Å². The third-order valence-electron chi connectivity index (χ3n) is 5.80. The topological polar surface area (TPSA) is 87.4 Å². The Kier molecular flexibility index (Phi) is 4.55. The summed E-state index contributed by atoms with van der Waals surface area (Å²) in [6.45, 7) is 1.61. The lowest BCUT2D eigenvalue weighted by Gasteiger charge is -2.21. The summed E-state index contributed by atoms with van der Waals surface area (Å²) >= 11 is 0. The van der Waals surface area contributed by atoms with Gasteiger partial charge in [0.1, 0.15) is 22.7 Å². The third kappa shape index (κ3) is 3.36. The fourth-order valence-electron chi connectivity index (χ4n) is 4.10. The quantitative estimate of drug-likeness (QED) is 0.543. The molecule has 31 heavy (non-hydrogen) atoms. The molecule has 1 atom stereocenters. The molecule has 1 saturated heterocycles. The number of aromatic nitrogens is 4. The standard InChI is InChI=1S/C22H21FN6O2/c1-27(2)15-8-9-28(12-15)19-11-16(22(30)31)20-17(24-19)6-7-18-21(20)26-29(25-18)14-5-3-4-13(23)10-14/h3-7,10-11,15H,8-9,12H2,1-2H3,(H,30,31)/t15-/m0/s1. The Balaban J connectivity index is 1.66. The molecule has 158 valence electrons. The van der Waals surface area contributed by atoms with Crippen molar-refractivity contribution in [2.75, 3.05) is 32.1 Å². The number of carboxylic acids is 1.